The topological polar surface area (TPSA) is 133 Å². The van der Waals surface area contributed by atoms with Crippen molar-refractivity contribution < 1.29 is 33.6 Å². The van der Waals surface area contributed by atoms with Crippen LogP contribution in [0.2, 0.25) is 0 Å². The molecule has 1 heterocycles. The lowest BCUT2D eigenvalue weighted by Crippen LogP contribution is -2.40. The third kappa shape index (κ3) is 4.27. The van der Waals surface area contributed by atoms with Crippen molar-refractivity contribution in [2.45, 2.75) is 6.42 Å². The number of allylic oxidation sites excluding steroid dienone is 2. The second-order valence-corrected chi connectivity index (χ2v) is 11.1. The highest BCUT2D eigenvalue weighted by Gasteiger charge is 2.67. The summed E-state index contributed by atoms with van der Waals surface area (Å²) in [4.78, 5) is 63.8. The molecule has 210 valence electrons. The summed E-state index contributed by atoms with van der Waals surface area (Å²) in [7, 11) is 0. The largest absolute Gasteiger partial charge is 0.457 e. The molecule has 1 saturated heterocycles. The maximum Gasteiger partial charge on any atom is 0.338 e. The molecule has 10 heteroatoms. The van der Waals surface area contributed by atoms with Crippen molar-refractivity contribution in [3.8, 4) is 11.5 Å². The molecule has 1 aliphatic heterocycles. The van der Waals surface area contributed by atoms with E-state index in [0.717, 1.165) is 6.42 Å². The summed E-state index contributed by atoms with van der Waals surface area (Å²) in [5.41, 5.74) is 0.703. The second-order valence-electron chi connectivity index (χ2n) is 11.1. The summed E-state index contributed by atoms with van der Waals surface area (Å²) in [6.07, 6.45) is 5.30. The van der Waals surface area contributed by atoms with Crippen LogP contribution in [0.5, 0.6) is 11.5 Å². The minimum Gasteiger partial charge on any atom is -0.457 e. The van der Waals surface area contributed by atoms with Crippen molar-refractivity contribution in [1.29, 1.82) is 0 Å². The van der Waals surface area contributed by atoms with Gasteiger partial charge in [0.1, 0.15) is 11.5 Å². The Morgan fingerprint density at radius 2 is 1.43 bits per heavy atom. The summed E-state index contributed by atoms with van der Waals surface area (Å²) in [5.74, 6) is -0.264. The molecule has 0 radical (unpaired) electrons. The van der Waals surface area contributed by atoms with Gasteiger partial charge in [-0.3, -0.25) is 24.5 Å². The first-order valence-corrected chi connectivity index (χ1v) is 13.7. The molecule has 42 heavy (non-hydrogen) atoms. The number of carbonyl (C=O) groups excluding carboxylic acids is 4. The maximum absolute atomic E-state index is 13.4. The zero-order valence-corrected chi connectivity index (χ0v) is 22.1. The number of rotatable bonds is 8. The summed E-state index contributed by atoms with van der Waals surface area (Å²) in [6, 6.07) is 17.9. The van der Waals surface area contributed by atoms with Crippen molar-refractivity contribution in [1.82, 2.24) is 0 Å². The number of benzene rings is 3. The molecule has 3 aromatic carbocycles. The molecule has 3 aromatic rings. The Hall–Kier alpha value is -5.12. The van der Waals surface area contributed by atoms with Crippen LogP contribution in [0.3, 0.4) is 0 Å². The molecular formula is C32H24N2O8. The number of esters is 1. The molecular weight excluding hydrogens is 540 g/mol. The lowest BCUT2D eigenvalue weighted by molar-refractivity contribution is -0.384. The molecule has 0 unspecified atom stereocenters. The zero-order chi connectivity index (χ0) is 29.1. The fourth-order valence-electron chi connectivity index (χ4n) is 6.76. The minimum absolute atomic E-state index is 0.0549. The van der Waals surface area contributed by atoms with Crippen molar-refractivity contribution in [2.24, 2.45) is 35.5 Å². The molecule has 4 aliphatic carbocycles. The van der Waals surface area contributed by atoms with E-state index in [1.54, 1.807) is 24.3 Å². The quantitative estimate of drug-likeness (QED) is 0.0934. The smallest absolute Gasteiger partial charge is 0.338 e. The van der Waals surface area contributed by atoms with Crippen LogP contribution in [0.4, 0.5) is 11.4 Å². The van der Waals surface area contributed by atoms with E-state index in [9.17, 15) is 29.3 Å². The molecule has 6 atom stereocenters. The molecule has 10 nitrogen and oxygen atoms in total. The van der Waals surface area contributed by atoms with Crippen molar-refractivity contribution >= 4 is 34.9 Å². The van der Waals surface area contributed by atoms with Crippen molar-refractivity contribution in [3.05, 3.63) is 106 Å². The lowest BCUT2D eigenvalue weighted by Gasteiger charge is -2.37. The normalized spacial score (nSPS) is 26.4. The third-order valence-corrected chi connectivity index (χ3v) is 8.80. The van der Waals surface area contributed by atoms with E-state index in [2.05, 4.69) is 12.2 Å². The number of ketones is 1. The summed E-state index contributed by atoms with van der Waals surface area (Å²) in [5, 5.41) is 10.8. The SMILES string of the molecule is O=C(COC(=O)c1cccc(N2C(=O)[C@H]3[C@@H]4C=C[C@H]([C@@H]5C[C@H]45)[C@@H]3C2=O)c1)c1ccc(Oc2ccc([N+](=O)[O-])cc2)cc1. The average molecular weight is 565 g/mol. The van der Waals surface area contributed by atoms with Crippen LogP contribution in [0.25, 0.3) is 0 Å². The first-order chi connectivity index (χ1) is 20.3. The monoisotopic (exact) mass is 564 g/mol. The van der Waals surface area contributed by atoms with E-state index in [-0.39, 0.29) is 46.7 Å². The Labute approximate surface area is 239 Å². The van der Waals surface area contributed by atoms with Crippen LogP contribution in [0, 0.1) is 45.6 Å². The fraction of sp³-hybridized carbons (Fsp3) is 0.250. The summed E-state index contributed by atoms with van der Waals surface area (Å²) in [6.45, 7) is -0.505. The number of carbonyl (C=O) groups is 4. The van der Waals surface area contributed by atoms with Crippen LogP contribution in [-0.4, -0.2) is 35.1 Å². The predicted molar refractivity (Wildman–Crippen MR) is 148 cm³/mol. The van der Waals surface area contributed by atoms with Gasteiger partial charge in [0.2, 0.25) is 11.8 Å². The van der Waals surface area contributed by atoms with Crippen molar-refractivity contribution in [2.75, 3.05) is 11.5 Å². The lowest BCUT2D eigenvalue weighted by atomic mass is 9.63. The molecule has 2 bridgehead atoms. The van der Waals surface area contributed by atoms with Gasteiger partial charge in [-0.2, -0.15) is 0 Å². The van der Waals surface area contributed by atoms with Gasteiger partial charge in [0.25, 0.3) is 5.69 Å². The standard InChI is InChI=1S/C32H24N2O8/c35-27(17-4-8-21(9-5-17)42-22-10-6-19(7-11-22)34(39)40)16-41-32(38)18-2-1-3-20(14-18)33-30(36)28-23-12-13-24(26-15-25(23)26)29(28)31(33)37/h1-14,23-26,28-29H,15-16H2/t23-,24-,25-,26+,28+,29+/m1/s1. The first-order valence-electron chi connectivity index (χ1n) is 13.7. The van der Waals surface area contributed by atoms with Gasteiger partial charge in [0.15, 0.2) is 12.4 Å². The Morgan fingerprint density at radius 3 is 2.02 bits per heavy atom. The van der Waals surface area contributed by atoms with Gasteiger partial charge in [-0.15, -0.1) is 0 Å². The summed E-state index contributed by atoms with van der Waals surface area (Å²) >= 11 is 0. The van der Waals surface area contributed by atoms with E-state index in [1.165, 1.54) is 53.4 Å². The molecule has 2 saturated carbocycles. The number of hydrogen-bond donors (Lipinski definition) is 0. The minimum atomic E-state index is -0.747. The average Bonchev–Trinajstić information content (AvgIpc) is 3.79. The number of hydrogen-bond acceptors (Lipinski definition) is 8. The van der Waals surface area contributed by atoms with Crippen LogP contribution >= 0.6 is 0 Å². The van der Waals surface area contributed by atoms with Crippen LogP contribution in [0.1, 0.15) is 27.1 Å². The number of anilines is 1. The highest BCUT2D eigenvalue weighted by Crippen LogP contribution is 2.65. The number of Topliss-reactive ketones (excluding diaryl/α,β-unsaturated/α-hetero) is 1. The Balaban J connectivity index is 0.978. The van der Waals surface area contributed by atoms with Gasteiger partial charge in [0.05, 0.1) is 28.0 Å². The van der Waals surface area contributed by atoms with E-state index in [0.29, 0.717) is 34.6 Å². The highest BCUT2D eigenvalue weighted by molar-refractivity contribution is 6.23. The van der Waals surface area contributed by atoms with Gasteiger partial charge in [-0.1, -0.05) is 18.2 Å². The molecule has 0 N–H and O–H groups in total. The van der Waals surface area contributed by atoms with E-state index < -0.39 is 23.3 Å². The van der Waals surface area contributed by atoms with E-state index in [4.69, 9.17) is 9.47 Å². The Morgan fingerprint density at radius 1 is 0.833 bits per heavy atom. The van der Waals surface area contributed by atoms with E-state index >= 15 is 0 Å². The van der Waals surface area contributed by atoms with Crippen LogP contribution in [0.15, 0.2) is 84.9 Å². The fourth-order valence-corrected chi connectivity index (χ4v) is 6.76. The van der Waals surface area contributed by atoms with Crippen LogP contribution < -0.4 is 9.64 Å². The third-order valence-electron chi connectivity index (χ3n) is 8.80. The number of nitro benzene ring substituents is 1. The number of amides is 2. The maximum atomic E-state index is 13.4. The number of nitrogens with zero attached hydrogens (tertiary/aromatic N) is 2. The van der Waals surface area contributed by atoms with Gasteiger partial charge in [0, 0.05) is 17.7 Å². The number of imide groups is 1. The zero-order valence-electron chi connectivity index (χ0n) is 22.1. The molecule has 5 aliphatic rings. The summed E-state index contributed by atoms with van der Waals surface area (Å²) < 4.78 is 10.9. The number of non-ortho nitro benzene ring substituents is 1. The van der Waals surface area contributed by atoms with Crippen LogP contribution in [-0.2, 0) is 14.3 Å². The molecule has 3 fully saturated rings. The molecule has 0 spiro atoms. The van der Waals surface area contributed by atoms with Crippen molar-refractivity contribution in [3.63, 3.8) is 0 Å². The van der Waals surface area contributed by atoms with Gasteiger partial charge < -0.3 is 9.47 Å². The Kier molecular flexibility index (Phi) is 6.00. The number of nitro groups is 1. The molecule has 8 rings (SSSR count). The Bertz CT molecular complexity index is 1640. The second kappa shape index (κ2) is 9.76. The van der Waals surface area contributed by atoms with E-state index in [1.807, 2.05) is 0 Å². The highest BCUT2D eigenvalue weighted by atomic mass is 16.6. The first kappa shape index (κ1) is 25.8. The predicted octanol–water partition coefficient (Wildman–Crippen LogP) is 4.98. The van der Waals surface area contributed by atoms with Gasteiger partial charge >= 0.3 is 5.97 Å². The molecule has 0 aromatic heterocycles. The number of ether oxygens (including phenoxy) is 2. The van der Waals surface area contributed by atoms with Gasteiger partial charge in [-0.25, -0.2) is 9.69 Å². The molecule has 2 amide bonds. The van der Waals surface area contributed by atoms with Gasteiger partial charge in [-0.05, 0) is 84.7 Å².